The number of hydrogen-bond donors (Lipinski definition) is 2. The summed E-state index contributed by atoms with van der Waals surface area (Å²) in [6, 6.07) is 6.95. The maximum Gasteiger partial charge on any atom is 0.280 e. The first-order valence-corrected chi connectivity index (χ1v) is 6.60. The van der Waals surface area contributed by atoms with Gasteiger partial charge in [0.15, 0.2) is 17.7 Å². The SMILES string of the molecule is Cc1nc(C(=O)N2C[C@H](C(=O)NN)Oc3ccccc32)co1. The lowest BCUT2D eigenvalue weighted by atomic mass is 10.1. The van der Waals surface area contributed by atoms with Crippen molar-refractivity contribution in [2.24, 2.45) is 5.84 Å². The Morgan fingerprint density at radius 2 is 2.18 bits per heavy atom. The van der Waals surface area contributed by atoms with E-state index >= 15 is 0 Å². The minimum absolute atomic E-state index is 0.0325. The van der Waals surface area contributed by atoms with Crippen LogP contribution in [0.3, 0.4) is 0 Å². The highest BCUT2D eigenvalue weighted by atomic mass is 16.5. The molecule has 8 nitrogen and oxygen atoms in total. The van der Waals surface area contributed by atoms with Gasteiger partial charge in [0, 0.05) is 6.92 Å². The van der Waals surface area contributed by atoms with Crippen LogP contribution >= 0.6 is 0 Å². The first kappa shape index (κ1) is 14.1. The Kier molecular flexibility index (Phi) is 3.51. The number of aromatic nitrogens is 1. The van der Waals surface area contributed by atoms with E-state index in [1.165, 1.54) is 11.2 Å². The Balaban J connectivity index is 1.98. The quantitative estimate of drug-likeness (QED) is 0.471. The van der Waals surface area contributed by atoms with Gasteiger partial charge >= 0.3 is 0 Å². The molecular formula is C14H14N4O4. The van der Waals surface area contributed by atoms with Crippen molar-refractivity contribution in [3.63, 3.8) is 0 Å². The zero-order chi connectivity index (χ0) is 15.7. The first-order valence-electron chi connectivity index (χ1n) is 6.60. The summed E-state index contributed by atoms with van der Waals surface area (Å²) in [6.45, 7) is 1.68. The molecule has 3 rings (SSSR count). The van der Waals surface area contributed by atoms with E-state index in [4.69, 9.17) is 15.0 Å². The number of nitrogens with two attached hydrogens (primary N) is 1. The molecule has 0 saturated carbocycles. The summed E-state index contributed by atoms with van der Waals surface area (Å²) in [5.41, 5.74) is 2.76. The van der Waals surface area contributed by atoms with Crippen molar-refractivity contribution in [3.8, 4) is 5.75 Å². The van der Waals surface area contributed by atoms with E-state index in [1.54, 1.807) is 31.2 Å². The molecule has 0 bridgehead atoms. The third-order valence-corrected chi connectivity index (χ3v) is 3.29. The topological polar surface area (TPSA) is 111 Å². The van der Waals surface area contributed by atoms with Crippen LogP contribution in [-0.2, 0) is 4.79 Å². The molecule has 0 fully saturated rings. The van der Waals surface area contributed by atoms with Crippen molar-refractivity contribution in [2.75, 3.05) is 11.4 Å². The average molecular weight is 302 g/mol. The molecule has 2 amide bonds. The third kappa shape index (κ3) is 2.40. The number of carbonyl (C=O) groups excluding carboxylic acids is 2. The van der Waals surface area contributed by atoms with Gasteiger partial charge in [-0.1, -0.05) is 12.1 Å². The van der Waals surface area contributed by atoms with E-state index in [9.17, 15) is 9.59 Å². The number of amides is 2. The molecule has 0 unspecified atom stereocenters. The number of oxazole rings is 1. The smallest absolute Gasteiger partial charge is 0.280 e. The van der Waals surface area contributed by atoms with Crippen molar-refractivity contribution in [1.29, 1.82) is 0 Å². The molecule has 8 heteroatoms. The monoisotopic (exact) mass is 302 g/mol. The average Bonchev–Trinajstić information content (AvgIpc) is 2.98. The van der Waals surface area contributed by atoms with Crippen molar-refractivity contribution in [2.45, 2.75) is 13.0 Å². The maximum absolute atomic E-state index is 12.6. The van der Waals surface area contributed by atoms with Crippen LogP contribution < -0.4 is 20.9 Å². The minimum atomic E-state index is -0.892. The summed E-state index contributed by atoms with van der Waals surface area (Å²) in [5.74, 6) is 5.08. The number of fused-ring (bicyclic) bond motifs is 1. The van der Waals surface area contributed by atoms with Gasteiger partial charge in [-0.25, -0.2) is 10.8 Å². The number of ether oxygens (including phenoxy) is 1. The standard InChI is InChI=1S/C14H14N4O4/c1-8-16-9(7-21-8)14(20)18-6-12(13(19)17-15)22-11-5-3-2-4-10(11)18/h2-5,7,12H,6,15H2,1H3,(H,17,19)/t12-/m1/s1. The van der Waals surface area contributed by atoms with Gasteiger partial charge in [-0.05, 0) is 12.1 Å². The fourth-order valence-corrected chi connectivity index (χ4v) is 2.26. The normalized spacial score (nSPS) is 16.6. The van der Waals surface area contributed by atoms with Gasteiger partial charge < -0.3 is 9.15 Å². The molecule has 3 N–H and O–H groups in total. The molecule has 1 aliphatic heterocycles. The van der Waals surface area contributed by atoms with Crippen LogP contribution in [0.15, 0.2) is 34.9 Å². The highest BCUT2D eigenvalue weighted by Crippen LogP contribution is 2.33. The Morgan fingerprint density at radius 1 is 1.41 bits per heavy atom. The number of anilines is 1. The molecule has 0 radical (unpaired) electrons. The van der Waals surface area contributed by atoms with Crippen LogP contribution in [-0.4, -0.2) is 29.4 Å². The van der Waals surface area contributed by atoms with E-state index in [0.717, 1.165) is 0 Å². The number of nitrogens with zero attached hydrogens (tertiary/aromatic N) is 2. The van der Waals surface area contributed by atoms with Gasteiger partial charge in [0.2, 0.25) is 0 Å². The largest absolute Gasteiger partial charge is 0.476 e. The molecule has 2 aromatic rings. The second kappa shape index (κ2) is 5.49. The highest BCUT2D eigenvalue weighted by molar-refractivity contribution is 6.06. The number of hydrogen-bond acceptors (Lipinski definition) is 6. The molecule has 22 heavy (non-hydrogen) atoms. The van der Waals surface area contributed by atoms with Crippen LogP contribution in [0.5, 0.6) is 5.75 Å². The molecule has 1 atom stereocenters. The van der Waals surface area contributed by atoms with E-state index in [2.05, 4.69) is 4.98 Å². The van der Waals surface area contributed by atoms with E-state index < -0.39 is 12.0 Å². The summed E-state index contributed by atoms with van der Waals surface area (Å²) in [6.07, 6.45) is 0.394. The number of carbonyl (C=O) groups is 2. The van der Waals surface area contributed by atoms with Gasteiger partial charge in [0.1, 0.15) is 12.0 Å². The summed E-state index contributed by atoms with van der Waals surface area (Å²) in [7, 11) is 0. The van der Waals surface area contributed by atoms with Crippen LogP contribution in [0.1, 0.15) is 16.4 Å². The zero-order valence-corrected chi connectivity index (χ0v) is 11.8. The molecule has 0 saturated heterocycles. The Bertz CT molecular complexity index is 727. The molecule has 1 aromatic heterocycles. The summed E-state index contributed by atoms with van der Waals surface area (Å²) in [4.78, 5) is 29.8. The lowest BCUT2D eigenvalue weighted by Crippen LogP contribution is -2.52. The summed E-state index contributed by atoms with van der Waals surface area (Å²) >= 11 is 0. The fourth-order valence-electron chi connectivity index (χ4n) is 2.26. The number of nitrogens with one attached hydrogen (secondary N) is 1. The van der Waals surface area contributed by atoms with Crippen molar-refractivity contribution in [1.82, 2.24) is 10.4 Å². The lowest BCUT2D eigenvalue weighted by Gasteiger charge is -2.33. The Labute approximate surface area is 125 Å². The fraction of sp³-hybridized carbons (Fsp3) is 0.214. The van der Waals surface area contributed by atoms with Gasteiger partial charge in [-0.3, -0.25) is 19.9 Å². The second-order valence-electron chi connectivity index (χ2n) is 4.75. The van der Waals surface area contributed by atoms with Gasteiger partial charge in [-0.2, -0.15) is 0 Å². The number of rotatable bonds is 2. The number of hydrazine groups is 1. The van der Waals surface area contributed by atoms with Gasteiger partial charge in [-0.15, -0.1) is 0 Å². The predicted molar refractivity (Wildman–Crippen MR) is 76.1 cm³/mol. The summed E-state index contributed by atoms with van der Waals surface area (Å²) in [5, 5.41) is 0. The van der Waals surface area contributed by atoms with Gasteiger partial charge in [0.05, 0.1) is 12.2 Å². The van der Waals surface area contributed by atoms with Crippen LogP contribution in [0.2, 0.25) is 0 Å². The second-order valence-corrected chi connectivity index (χ2v) is 4.75. The highest BCUT2D eigenvalue weighted by Gasteiger charge is 2.34. The van der Waals surface area contributed by atoms with Crippen LogP contribution in [0, 0.1) is 6.92 Å². The van der Waals surface area contributed by atoms with Crippen LogP contribution in [0.4, 0.5) is 5.69 Å². The van der Waals surface area contributed by atoms with Crippen molar-refractivity contribution in [3.05, 3.63) is 42.1 Å². The predicted octanol–water partition coefficient (Wildman–Crippen LogP) is 0.381. The maximum atomic E-state index is 12.6. The first-order chi connectivity index (χ1) is 10.6. The lowest BCUT2D eigenvalue weighted by molar-refractivity contribution is -0.127. The molecule has 1 aromatic carbocycles. The molecular weight excluding hydrogens is 288 g/mol. The van der Waals surface area contributed by atoms with Crippen LogP contribution in [0.25, 0.3) is 0 Å². The molecule has 0 spiro atoms. The molecule has 1 aliphatic rings. The minimum Gasteiger partial charge on any atom is -0.476 e. The number of benzene rings is 1. The van der Waals surface area contributed by atoms with E-state index in [0.29, 0.717) is 17.3 Å². The Morgan fingerprint density at radius 3 is 2.86 bits per heavy atom. The Hall–Kier alpha value is -2.87. The van der Waals surface area contributed by atoms with E-state index in [1.807, 2.05) is 5.43 Å². The third-order valence-electron chi connectivity index (χ3n) is 3.29. The molecule has 0 aliphatic carbocycles. The molecule has 2 heterocycles. The number of aryl methyl sites for hydroxylation is 1. The number of para-hydroxylation sites is 2. The van der Waals surface area contributed by atoms with E-state index in [-0.39, 0.29) is 18.1 Å². The van der Waals surface area contributed by atoms with Crippen molar-refractivity contribution < 1.29 is 18.7 Å². The summed E-state index contributed by atoms with van der Waals surface area (Å²) < 4.78 is 10.6. The van der Waals surface area contributed by atoms with Gasteiger partial charge in [0.25, 0.3) is 11.8 Å². The molecule has 114 valence electrons. The van der Waals surface area contributed by atoms with Crippen molar-refractivity contribution >= 4 is 17.5 Å². The zero-order valence-electron chi connectivity index (χ0n) is 11.8.